The van der Waals surface area contributed by atoms with E-state index >= 15 is 0 Å². The number of carbonyl (C=O) groups is 1. The van der Waals surface area contributed by atoms with E-state index in [0.29, 0.717) is 6.54 Å². The molecule has 0 aliphatic carbocycles. The molecule has 4 heterocycles. The third-order valence-electron chi connectivity index (χ3n) is 3.33. The molecule has 0 aromatic carbocycles. The van der Waals surface area contributed by atoms with E-state index in [2.05, 4.69) is 20.4 Å². The molecule has 0 aliphatic rings. The van der Waals surface area contributed by atoms with Crippen LogP contribution in [0.1, 0.15) is 11.4 Å². The maximum Gasteiger partial charge on any atom is 0.226 e. The average Bonchev–Trinajstić information content (AvgIpc) is 3.19. The van der Waals surface area contributed by atoms with Gasteiger partial charge < -0.3 is 5.32 Å². The van der Waals surface area contributed by atoms with Crippen LogP contribution in [0.4, 0.5) is 0 Å². The van der Waals surface area contributed by atoms with Gasteiger partial charge in [0.1, 0.15) is 6.33 Å². The van der Waals surface area contributed by atoms with Gasteiger partial charge in [0, 0.05) is 17.8 Å². The van der Waals surface area contributed by atoms with Crippen molar-refractivity contribution in [1.29, 1.82) is 0 Å². The molecular formula is C14H12N6OS. The van der Waals surface area contributed by atoms with Crippen molar-refractivity contribution in [3.8, 4) is 0 Å². The molecule has 0 bridgehead atoms. The van der Waals surface area contributed by atoms with Crippen LogP contribution in [-0.4, -0.2) is 29.9 Å². The highest BCUT2D eigenvalue weighted by atomic mass is 32.1. The number of thiazole rings is 1. The van der Waals surface area contributed by atoms with Crippen molar-refractivity contribution < 1.29 is 4.79 Å². The summed E-state index contributed by atoms with van der Waals surface area (Å²) >= 11 is 1.55. The van der Waals surface area contributed by atoms with Gasteiger partial charge in [-0.05, 0) is 12.1 Å². The van der Waals surface area contributed by atoms with Crippen LogP contribution < -0.4 is 5.32 Å². The number of hydrogen-bond donors (Lipinski definition) is 1. The largest absolute Gasteiger partial charge is 0.350 e. The predicted octanol–water partition coefficient (Wildman–Crippen LogP) is 1.30. The number of carbonyl (C=O) groups excluding carboxylic acids is 1. The van der Waals surface area contributed by atoms with Gasteiger partial charge in [-0.3, -0.25) is 9.20 Å². The van der Waals surface area contributed by atoms with E-state index in [1.54, 1.807) is 15.9 Å². The zero-order valence-corrected chi connectivity index (χ0v) is 12.3. The summed E-state index contributed by atoms with van der Waals surface area (Å²) in [5.74, 6) is -0.0668. The number of amides is 1. The summed E-state index contributed by atoms with van der Waals surface area (Å²) in [5.41, 5.74) is 2.42. The van der Waals surface area contributed by atoms with Crippen LogP contribution >= 0.6 is 11.3 Å². The molecule has 4 aromatic rings. The van der Waals surface area contributed by atoms with Crippen molar-refractivity contribution in [2.75, 3.05) is 0 Å². The highest BCUT2D eigenvalue weighted by molar-refractivity contribution is 7.15. The van der Waals surface area contributed by atoms with Crippen LogP contribution in [0.25, 0.3) is 10.6 Å². The Balaban J connectivity index is 1.44. The Morgan fingerprint density at radius 3 is 3.23 bits per heavy atom. The first-order valence-corrected chi connectivity index (χ1v) is 7.63. The molecule has 0 saturated heterocycles. The Labute approximate surface area is 129 Å². The molecule has 110 valence electrons. The third kappa shape index (κ3) is 2.33. The molecule has 0 radical (unpaired) electrons. The summed E-state index contributed by atoms with van der Waals surface area (Å²) < 4.78 is 3.64. The lowest BCUT2D eigenvalue weighted by atomic mass is 10.3. The number of hydrogen-bond acceptors (Lipinski definition) is 5. The van der Waals surface area contributed by atoms with Gasteiger partial charge in [0.25, 0.3) is 0 Å². The molecule has 1 amide bonds. The monoisotopic (exact) mass is 312 g/mol. The van der Waals surface area contributed by atoms with Gasteiger partial charge in [-0.2, -0.15) is 5.10 Å². The van der Waals surface area contributed by atoms with Gasteiger partial charge in [-0.1, -0.05) is 6.07 Å². The van der Waals surface area contributed by atoms with Gasteiger partial charge in [-0.25, -0.2) is 14.5 Å². The van der Waals surface area contributed by atoms with E-state index in [1.807, 2.05) is 40.4 Å². The Hall–Kier alpha value is -2.74. The molecule has 0 saturated carbocycles. The van der Waals surface area contributed by atoms with E-state index in [0.717, 1.165) is 22.0 Å². The highest BCUT2D eigenvalue weighted by Gasteiger charge is 2.09. The number of imidazole rings is 1. The SMILES string of the molecule is O=C(Cc1cn2ccsc2n1)NCc1cccc2ncnn12. The summed E-state index contributed by atoms with van der Waals surface area (Å²) in [5, 5.41) is 9.00. The zero-order chi connectivity index (χ0) is 14.9. The van der Waals surface area contributed by atoms with E-state index in [9.17, 15) is 4.79 Å². The minimum absolute atomic E-state index is 0.0668. The van der Waals surface area contributed by atoms with Gasteiger partial charge in [0.05, 0.1) is 24.4 Å². The van der Waals surface area contributed by atoms with Crippen molar-refractivity contribution in [2.24, 2.45) is 0 Å². The second-order valence-electron chi connectivity index (χ2n) is 4.83. The lowest BCUT2D eigenvalue weighted by Crippen LogP contribution is -2.25. The number of nitrogens with one attached hydrogen (secondary N) is 1. The Bertz CT molecular complexity index is 924. The smallest absolute Gasteiger partial charge is 0.226 e. The molecular weight excluding hydrogens is 300 g/mol. The van der Waals surface area contributed by atoms with Gasteiger partial charge in [0.2, 0.25) is 5.91 Å². The molecule has 0 unspecified atom stereocenters. The Morgan fingerprint density at radius 1 is 1.36 bits per heavy atom. The molecule has 0 aliphatic heterocycles. The van der Waals surface area contributed by atoms with Gasteiger partial charge in [0.15, 0.2) is 10.6 Å². The fraction of sp³-hybridized carbons (Fsp3) is 0.143. The van der Waals surface area contributed by atoms with Crippen LogP contribution in [0, 0.1) is 0 Å². The number of rotatable bonds is 4. The van der Waals surface area contributed by atoms with E-state index in [4.69, 9.17) is 0 Å². The normalized spacial score (nSPS) is 11.3. The lowest BCUT2D eigenvalue weighted by molar-refractivity contribution is -0.120. The zero-order valence-electron chi connectivity index (χ0n) is 11.5. The number of fused-ring (bicyclic) bond motifs is 2. The molecule has 22 heavy (non-hydrogen) atoms. The van der Waals surface area contributed by atoms with Crippen LogP contribution in [0.15, 0.2) is 42.3 Å². The molecule has 1 N–H and O–H groups in total. The average molecular weight is 312 g/mol. The fourth-order valence-electron chi connectivity index (χ4n) is 2.31. The maximum absolute atomic E-state index is 12.1. The molecule has 4 aromatic heterocycles. The Kier molecular flexibility index (Phi) is 3.08. The Morgan fingerprint density at radius 2 is 2.32 bits per heavy atom. The van der Waals surface area contributed by atoms with Crippen molar-refractivity contribution in [3.63, 3.8) is 0 Å². The van der Waals surface area contributed by atoms with Crippen LogP contribution in [0.5, 0.6) is 0 Å². The van der Waals surface area contributed by atoms with Gasteiger partial charge in [-0.15, -0.1) is 11.3 Å². The quantitative estimate of drug-likeness (QED) is 0.616. The fourth-order valence-corrected chi connectivity index (χ4v) is 3.03. The van der Waals surface area contributed by atoms with Crippen LogP contribution in [0.2, 0.25) is 0 Å². The standard InChI is InChI=1S/C14H12N6OS/c21-13(6-10-8-19-4-5-22-14(19)18-10)15-7-11-2-1-3-12-16-9-17-20(11)12/h1-5,8-9H,6-7H2,(H,15,21). The molecule has 0 spiro atoms. The van der Waals surface area contributed by atoms with Crippen molar-refractivity contribution in [2.45, 2.75) is 13.0 Å². The van der Waals surface area contributed by atoms with Crippen molar-refractivity contribution in [1.82, 2.24) is 29.3 Å². The number of pyridine rings is 1. The first kappa shape index (κ1) is 13.0. The van der Waals surface area contributed by atoms with Crippen LogP contribution in [-0.2, 0) is 17.8 Å². The highest BCUT2D eigenvalue weighted by Crippen LogP contribution is 2.11. The first-order chi connectivity index (χ1) is 10.8. The summed E-state index contributed by atoms with van der Waals surface area (Å²) in [7, 11) is 0. The lowest BCUT2D eigenvalue weighted by Gasteiger charge is -2.05. The summed E-state index contributed by atoms with van der Waals surface area (Å²) in [4.78, 5) is 21.5. The minimum atomic E-state index is -0.0668. The first-order valence-electron chi connectivity index (χ1n) is 6.75. The van der Waals surface area contributed by atoms with E-state index < -0.39 is 0 Å². The van der Waals surface area contributed by atoms with Gasteiger partial charge >= 0.3 is 0 Å². The topological polar surface area (TPSA) is 76.6 Å². The van der Waals surface area contributed by atoms with Crippen LogP contribution in [0.3, 0.4) is 0 Å². The molecule has 7 nitrogen and oxygen atoms in total. The number of nitrogens with zero attached hydrogens (tertiary/aromatic N) is 5. The molecule has 8 heteroatoms. The summed E-state index contributed by atoms with van der Waals surface area (Å²) in [6.07, 6.45) is 5.57. The van der Waals surface area contributed by atoms with E-state index in [1.165, 1.54) is 6.33 Å². The molecule has 4 rings (SSSR count). The number of aromatic nitrogens is 5. The summed E-state index contributed by atoms with van der Waals surface area (Å²) in [6.45, 7) is 0.405. The second-order valence-corrected chi connectivity index (χ2v) is 5.70. The maximum atomic E-state index is 12.1. The predicted molar refractivity (Wildman–Crippen MR) is 81.6 cm³/mol. The van der Waals surface area contributed by atoms with Crippen molar-refractivity contribution >= 4 is 27.9 Å². The van der Waals surface area contributed by atoms with Crippen molar-refractivity contribution in [3.05, 3.63) is 53.7 Å². The second kappa shape index (κ2) is 5.23. The molecule has 0 atom stereocenters. The van der Waals surface area contributed by atoms with E-state index in [-0.39, 0.29) is 12.3 Å². The third-order valence-corrected chi connectivity index (χ3v) is 4.10. The molecule has 0 fully saturated rings. The summed E-state index contributed by atoms with van der Waals surface area (Å²) in [6, 6.07) is 5.68. The minimum Gasteiger partial charge on any atom is -0.350 e.